The molecule has 0 amide bonds. The number of nitrogens with two attached hydrogens (primary N) is 1. The smallest absolute Gasteiger partial charge is 0.258 e. The normalized spacial score (nSPS) is 22.1. The summed E-state index contributed by atoms with van der Waals surface area (Å²) in [5.74, 6) is 2.27. The van der Waals surface area contributed by atoms with E-state index >= 15 is 0 Å². The van der Waals surface area contributed by atoms with Crippen LogP contribution in [-0.4, -0.2) is 21.8 Å². The molecule has 0 bridgehead atoms. The molecule has 22 heavy (non-hydrogen) atoms. The van der Waals surface area contributed by atoms with Gasteiger partial charge in [0.05, 0.1) is 16.7 Å². The number of benzene rings is 1. The Balaban J connectivity index is 1.70. The Bertz CT molecular complexity index is 705. The summed E-state index contributed by atoms with van der Waals surface area (Å²) in [7, 11) is 0. The lowest BCUT2D eigenvalue weighted by Gasteiger charge is -2.27. The van der Waals surface area contributed by atoms with Crippen molar-refractivity contribution in [3.05, 3.63) is 39.9 Å². The van der Waals surface area contributed by atoms with Crippen LogP contribution in [0.15, 0.2) is 23.0 Å². The lowest BCUT2D eigenvalue weighted by atomic mass is 9.89. The van der Waals surface area contributed by atoms with Gasteiger partial charge in [-0.2, -0.15) is 11.8 Å². The minimum absolute atomic E-state index is 0.0314. The molecule has 0 unspecified atom stereocenters. The van der Waals surface area contributed by atoms with Crippen LogP contribution in [0.25, 0.3) is 10.9 Å². The fourth-order valence-corrected chi connectivity index (χ4v) is 4.29. The van der Waals surface area contributed by atoms with Gasteiger partial charge in [0.1, 0.15) is 5.82 Å². The largest absolute Gasteiger partial charge is 0.330 e. The molecule has 0 radical (unpaired) electrons. The molecule has 2 aromatic rings. The molecule has 1 heterocycles. The van der Waals surface area contributed by atoms with E-state index in [4.69, 9.17) is 5.73 Å². The number of aromatic amines is 1. The van der Waals surface area contributed by atoms with E-state index < -0.39 is 0 Å². The molecule has 3 rings (SSSR count). The Labute approximate surface area is 134 Å². The number of nitrogens with one attached hydrogen (secondary N) is 1. The quantitative estimate of drug-likeness (QED) is 0.909. The third-order valence-corrected chi connectivity index (χ3v) is 5.95. The summed E-state index contributed by atoms with van der Waals surface area (Å²) >= 11 is 1.91. The van der Waals surface area contributed by atoms with Gasteiger partial charge in [-0.3, -0.25) is 4.79 Å². The molecule has 1 aromatic carbocycles. The molecule has 1 aromatic heterocycles. The Hall–Kier alpha value is -1.33. The second-order valence-corrected chi connectivity index (χ2v) is 7.46. The number of hydrogen-bond donors (Lipinski definition) is 2. The summed E-state index contributed by atoms with van der Waals surface area (Å²) in [5, 5.41) is 1.35. The number of nitrogens with zero attached hydrogens (tertiary/aromatic N) is 1. The van der Waals surface area contributed by atoms with Crippen LogP contribution >= 0.6 is 11.8 Å². The maximum absolute atomic E-state index is 12.2. The number of fused-ring (bicyclic) bond motifs is 1. The van der Waals surface area contributed by atoms with Crippen molar-refractivity contribution in [3.63, 3.8) is 0 Å². The fourth-order valence-electron chi connectivity index (χ4n) is 3.15. The second-order valence-electron chi connectivity index (χ2n) is 6.17. The summed E-state index contributed by atoms with van der Waals surface area (Å²) in [5.41, 5.74) is 7.59. The molecule has 0 spiro atoms. The van der Waals surface area contributed by atoms with E-state index in [1.807, 2.05) is 36.9 Å². The number of rotatable bonds is 4. The van der Waals surface area contributed by atoms with Crippen LogP contribution in [0.4, 0.5) is 0 Å². The van der Waals surface area contributed by atoms with Gasteiger partial charge >= 0.3 is 0 Å². The monoisotopic (exact) mass is 317 g/mol. The lowest BCUT2D eigenvalue weighted by molar-refractivity contribution is 0.373. The topological polar surface area (TPSA) is 71.8 Å². The predicted molar refractivity (Wildman–Crippen MR) is 93.2 cm³/mol. The molecule has 0 saturated heterocycles. The van der Waals surface area contributed by atoms with Crippen LogP contribution in [0.5, 0.6) is 0 Å². The Morgan fingerprint density at radius 1 is 1.32 bits per heavy atom. The van der Waals surface area contributed by atoms with Crippen molar-refractivity contribution in [2.75, 3.05) is 6.54 Å². The lowest BCUT2D eigenvalue weighted by Crippen LogP contribution is -2.22. The van der Waals surface area contributed by atoms with Crippen LogP contribution < -0.4 is 11.3 Å². The molecule has 0 atom stereocenters. The summed E-state index contributed by atoms with van der Waals surface area (Å²) in [6.45, 7) is 2.82. The maximum atomic E-state index is 12.2. The van der Waals surface area contributed by atoms with E-state index in [1.54, 1.807) is 0 Å². The maximum Gasteiger partial charge on any atom is 0.258 e. The minimum Gasteiger partial charge on any atom is -0.330 e. The number of H-pyrrole nitrogens is 1. The Morgan fingerprint density at radius 2 is 2.09 bits per heavy atom. The number of hydrogen-bond acceptors (Lipinski definition) is 4. The molecule has 118 valence electrons. The zero-order valence-corrected chi connectivity index (χ0v) is 13.8. The highest BCUT2D eigenvalue weighted by molar-refractivity contribution is 7.99. The third-order valence-electron chi connectivity index (χ3n) is 4.57. The number of aromatic nitrogens is 2. The molecule has 1 saturated carbocycles. The first-order valence-corrected chi connectivity index (χ1v) is 9.02. The third kappa shape index (κ3) is 3.36. The molecule has 1 aliphatic carbocycles. The van der Waals surface area contributed by atoms with Gasteiger partial charge in [0.2, 0.25) is 0 Å². The molecule has 1 fully saturated rings. The van der Waals surface area contributed by atoms with Crippen molar-refractivity contribution in [1.82, 2.24) is 9.97 Å². The van der Waals surface area contributed by atoms with Crippen molar-refractivity contribution in [2.45, 2.75) is 43.6 Å². The number of thioether (sulfide) groups is 1. The van der Waals surface area contributed by atoms with Gasteiger partial charge < -0.3 is 10.7 Å². The molecule has 1 aliphatic rings. The second kappa shape index (κ2) is 6.84. The number of aryl methyl sites for hydroxylation is 1. The Kier molecular flexibility index (Phi) is 4.84. The highest BCUT2D eigenvalue weighted by atomic mass is 32.2. The first kappa shape index (κ1) is 15.6. The van der Waals surface area contributed by atoms with E-state index in [0.29, 0.717) is 16.6 Å². The average Bonchev–Trinajstić information content (AvgIpc) is 2.54. The number of para-hydroxylation sites is 1. The SMILES string of the molecule is Cc1cccc2c(=O)[nH]c(CS[C@H]3CC[C@@H](CN)CC3)nc12. The van der Waals surface area contributed by atoms with Crippen LogP contribution in [0.3, 0.4) is 0 Å². The predicted octanol–water partition coefficient (Wildman–Crippen LogP) is 2.98. The van der Waals surface area contributed by atoms with Crippen LogP contribution in [0, 0.1) is 12.8 Å². The van der Waals surface area contributed by atoms with E-state index in [0.717, 1.165) is 29.2 Å². The van der Waals surface area contributed by atoms with Crippen molar-refractivity contribution in [2.24, 2.45) is 11.7 Å². The van der Waals surface area contributed by atoms with E-state index in [2.05, 4.69) is 9.97 Å². The summed E-state index contributed by atoms with van der Waals surface area (Å²) in [4.78, 5) is 19.8. The average molecular weight is 317 g/mol. The Morgan fingerprint density at radius 3 is 2.82 bits per heavy atom. The zero-order valence-electron chi connectivity index (χ0n) is 13.0. The minimum atomic E-state index is -0.0314. The van der Waals surface area contributed by atoms with Crippen LogP contribution in [0.2, 0.25) is 0 Å². The van der Waals surface area contributed by atoms with Gasteiger partial charge in [0, 0.05) is 5.25 Å². The molecular formula is C17H23N3OS. The summed E-state index contributed by atoms with van der Waals surface area (Å²) in [6.07, 6.45) is 4.91. The fraction of sp³-hybridized carbons (Fsp3) is 0.529. The van der Waals surface area contributed by atoms with Crippen molar-refractivity contribution in [1.29, 1.82) is 0 Å². The standard InChI is InChI=1S/C17H23N3OS/c1-11-3-2-4-14-16(11)19-15(20-17(14)21)10-22-13-7-5-12(9-18)6-8-13/h2-4,12-13H,5-10,18H2,1H3,(H,19,20,21)/t12-,13+. The molecule has 0 aliphatic heterocycles. The molecule has 3 N–H and O–H groups in total. The molecule has 4 nitrogen and oxygen atoms in total. The van der Waals surface area contributed by atoms with E-state index in [9.17, 15) is 4.79 Å². The highest BCUT2D eigenvalue weighted by Gasteiger charge is 2.20. The van der Waals surface area contributed by atoms with Gasteiger partial charge in [0.25, 0.3) is 5.56 Å². The van der Waals surface area contributed by atoms with Gasteiger partial charge in [-0.1, -0.05) is 12.1 Å². The van der Waals surface area contributed by atoms with Gasteiger partial charge in [-0.05, 0) is 56.7 Å². The van der Waals surface area contributed by atoms with Crippen molar-refractivity contribution >= 4 is 22.7 Å². The van der Waals surface area contributed by atoms with Crippen molar-refractivity contribution in [3.8, 4) is 0 Å². The zero-order chi connectivity index (χ0) is 15.5. The van der Waals surface area contributed by atoms with Crippen LogP contribution in [0.1, 0.15) is 37.1 Å². The van der Waals surface area contributed by atoms with E-state index in [1.165, 1.54) is 25.7 Å². The summed E-state index contributed by atoms with van der Waals surface area (Å²) < 4.78 is 0. The van der Waals surface area contributed by atoms with Gasteiger partial charge in [0.15, 0.2) is 0 Å². The van der Waals surface area contributed by atoms with Gasteiger partial charge in [-0.25, -0.2) is 4.98 Å². The first-order valence-electron chi connectivity index (χ1n) is 7.97. The highest BCUT2D eigenvalue weighted by Crippen LogP contribution is 2.32. The molecule has 5 heteroatoms. The first-order chi connectivity index (χ1) is 10.7. The summed E-state index contributed by atoms with van der Waals surface area (Å²) in [6, 6.07) is 5.73. The van der Waals surface area contributed by atoms with Gasteiger partial charge in [-0.15, -0.1) is 0 Å². The molecular weight excluding hydrogens is 294 g/mol. The van der Waals surface area contributed by atoms with E-state index in [-0.39, 0.29) is 5.56 Å². The van der Waals surface area contributed by atoms with Crippen LogP contribution in [-0.2, 0) is 5.75 Å². The van der Waals surface area contributed by atoms with Crippen molar-refractivity contribution < 1.29 is 0 Å².